The SMILES string of the molecule is COC(=O)CCCC(=O)[C@@H]1O[P@@](=O)(OCOC(=O)N[C@@H](CSC(=O)C(C)(C)C)C(=O)OCC(=O)c2ccccc2)OCC1(C)C. The fourth-order valence-corrected chi connectivity index (χ4v) is 6.14. The van der Waals surface area contributed by atoms with E-state index < -0.39 is 73.8 Å². The zero-order valence-electron chi connectivity index (χ0n) is 26.2. The van der Waals surface area contributed by atoms with Gasteiger partial charge in [-0.1, -0.05) is 76.7 Å². The van der Waals surface area contributed by atoms with Crippen molar-refractivity contribution in [1.29, 1.82) is 0 Å². The van der Waals surface area contributed by atoms with Gasteiger partial charge in [0.1, 0.15) is 12.1 Å². The van der Waals surface area contributed by atoms with Gasteiger partial charge in [-0.15, -0.1) is 0 Å². The maximum atomic E-state index is 13.1. The molecule has 14 nitrogen and oxygen atoms in total. The molecule has 2 rings (SSSR count). The van der Waals surface area contributed by atoms with Crippen molar-refractivity contribution >= 4 is 54.3 Å². The van der Waals surface area contributed by atoms with E-state index in [1.807, 2.05) is 0 Å². The Kier molecular flexibility index (Phi) is 14.4. The number of carbonyl (C=O) groups is 6. The Morgan fingerprint density at radius 1 is 1.07 bits per heavy atom. The molecular weight excluding hydrogens is 633 g/mol. The number of hydrogen-bond acceptors (Lipinski definition) is 14. The highest BCUT2D eigenvalue weighted by Gasteiger charge is 2.48. The van der Waals surface area contributed by atoms with E-state index in [2.05, 4.69) is 10.1 Å². The van der Waals surface area contributed by atoms with E-state index in [0.717, 1.165) is 11.8 Å². The molecule has 0 unspecified atom stereocenters. The smallest absolute Gasteiger partial charge is 0.469 e. The summed E-state index contributed by atoms with van der Waals surface area (Å²) in [5.41, 5.74) is -1.30. The van der Waals surface area contributed by atoms with Crippen LogP contribution in [0.4, 0.5) is 4.79 Å². The first-order valence-electron chi connectivity index (χ1n) is 14.0. The van der Waals surface area contributed by atoms with Crippen LogP contribution in [0.15, 0.2) is 30.3 Å². The summed E-state index contributed by atoms with van der Waals surface area (Å²) in [5, 5.41) is 1.99. The Hall–Kier alpha value is -3.10. The third-order valence-corrected chi connectivity index (χ3v) is 8.99. The van der Waals surface area contributed by atoms with Crippen LogP contribution in [0.1, 0.15) is 64.2 Å². The highest BCUT2D eigenvalue weighted by Crippen LogP contribution is 2.57. The molecule has 45 heavy (non-hydrogen) atoms. The lowest BCUT2D eigenvalue weighted by Gasteiger charge is -2.39. The summed E-state index contributed by atoms with van der Waals surface area (Å²) in [5.74, 6) is -2.60. The molecule has 1 amide bonds. The number of nitrogens with one attached hydrogen (secondary N) is 1. The Morgan fingerprint density at radius 3 is 2.36 bits per heavy atom. The van der Waals surface area contributed by atoms with Crippen LogP contribution >= 0.6 is 19.6 Å². The highest BCUT2D eigenvalue weighted by molar-refractivity contribution is 8.13. The van der Waals surface area contributed by atoms with Crippen LogP contribution < -0.4 is 5.32 Å². The first kappa shape index (κ1) is 38.1. The third kappa shape index (κ3) is 12.7. The Bertz CT molecular complexity index is 1280. The minimum absolute atomic E-state index is 0.0176. The maximum absolute atomic E-state index is 13.1. The van der Waals surface area contributed by atoms with Crippen molar-refractivity contribution in [2.75, 3.05) is 32.9 Å². The number of benzene rings is 1. The molecule has 1 fully saturated rings. The molecule has 1 aromatic rings. The molecule has 1 aliphatic heterocycles. The van der Waals surface area contributed by atoms with Crippen molar-refractivity contribution in [3.63, 3.8) is 0 Å². The molecule has 1 aliphatic rings. The number of hydrogen-bond donors (Lipinski definition) is 1. The maximum Gasteiger partial charge on any atom is 0.478 e. The van der Waals surface area contributed by atoms with Crippen molar-refractivity contribution < 1.29 is 61.1 Å². The zero-order chi connectivity index (χ0) is 33.8. The molecule has 3 atom stereocenters. The van der Waals surface area contributed by atoms with Gasteiger partial charge < -0.3 is 19.5 Å². The summed E-state index contributed by atoms with van der Waals surface area (Å²) in [6, 6.07) is 6.72. The van der Waals surface area contributed by atoms with Crippen LogP contribution in [0.25, 0.3) is 0 Å². The van der Waals surface area contributed by atoms with Crippen molar-refractivity contribution in [1.82, 2.24) is 5.32 Å². The van der Waals surface area contributed by atoms with Gasteiger partial charge in [-0.05, 0) is 6.42 Å². The van der Waals surface area contributed by atoms with Crippen LogP contribution in [-0.4, -0.2) is 79.7 Å². The average Bonchev–Trinajstić information content (AvgIpc) is 2.98. The predicted octanol–water partition coefficient (Wildman–Crippen LogP) is 4.25. The van der Waals surface area contributed by atoms with E-state index >= 15 is 0 Å². The van der Waals surface area contributed by atoms with Crippen molar-refractivity contribution in [3.8, 4) is 0 Å². The molecule has 1 saturated heterocycles. The second-order valence-electron chi connectivity index (χ2n) is 11.7. The number of ketones is 2. The molecule has 1 aromatic carbocycles. The average molecular weight is 674 g/mol. The Balaban J connectivity index is 1.97. The zero-order valence-corrected chi connectivity index (χ0v) is 27.9. The lowest BCUT2D eigenvalue weighted by atomic mass is 9.84. The summed E-state index contributed by atoms with van der Waals surface area (Å²) >= 11 is 0.781. The van der Waals surface area contributed by atoms with Gasteiger partial charge in [0.2, 0.25) is 6.79 Å². The van der Waals surface area contributed by atoms with Gasteiger partial charge in [-0.2, -0.15) is 0 Å². The van der Waals surface area contributed by atoms with Gasteiger partial charge in [0, 0.05) is 35.0 Å². The molecule has 0 bridgehead atoms. The normalized spacial score (nSPS) is 19.9. The first-order chi connectivity index (χ1) is 21.0. The number of esters is 2. The van der Waals surface area contributed by atoms with Crippen molar-refractivity contribution in [2.45, 2.75) is 66.0 Å². The van der Waals surface area contributed by atoms with Crippen LogP contribution in [-0.2, 0) is 51.5 Å². The minimum Gasteiger partial charge on any atom is -0.469 e. The van der Waals surface area contributed by atoms with E-state index in [0.29, 0.717) is 5.56 Å². The number of phosphoric ester groups is 1. The summed E-state index contributed by atoms with van der Waals surface area (Å²) in [7, 11) is -3.13. The predicted molar refractivity (Wildman–Crippen MR) is 161 cm³/mol. The summed E-state index contributed by atoms with van der Waals surface area (Å²) in [6.45, 7) is 6.66. The van der Waals surface area contributed by atoms with Crippen LogP contribution in [0, 0.1) is 10.8 Å². The quantitative estimate of drug-likeness (QED) is 0.0915. The minimum atomic E-state index is -4.36. The molecule has 16 heteroatoms. The molecule has 0 saturated carbocycles. The van der Waals surface area contributed by atoms with Gasteiger partial charge >= 0.3 is 25.9 Å². The number of amides is 1. The van der Waals surface area contributed by atoms with E-state index in [-0.39, 0.29) is 36.7 Å². The molecule has 250 valence electrons. The molecular formula is C29H40NO13PS. The Labute approximate surface area is 266 Å². The lowest BCUT2D eigenvalue weighted by molar-refractivity contribution is -0.144. The molecule has 0 spiro atoms. The Morgan fingerprint density at radius 2 is 1.73 bits per heavy atom. The standard InChI is InChI=1S/C29H40NO13PS/c1-28(2,3)26(35)45-16-20(25(34)39-15-22(32)19-11-8-7-9-12-19)30-27(36)40-18-42-44(37)41-17-29(4,5)24(43-44)21(31)13-10-14-23(33)38-6/h7-9,11-12,20,24H,10,13-18H2,1-6H3,(H,30,36)/t20-,24-,44+/m0/s1. The second-order valence-corrected chi connectivity index (χ2v) is 14.3. The van der Waals surface area contributed by atoms with Gasteiger partial charge in [0.05, 0.1) is 13.7 Å². The van der Waals surface area contributed by atoms with E-state index in [1.54, 1.807) is 65.0 Å². The number of carbonyl (C=O) groups excluding carboxylic acids is 6. The molecule has 0 aromatic heterocycles. The van der Waals surface area contributed by atoms with Crippen LogP contribution in [0.5, 0.6) is 0 Å². The van der Waals surface area contributed by atoms with Gasteiger partial charge in [-0.3, -0.25) is 28.2 Å². The van der Waals surface area contributed by atoms with E-state index in [4.69, 9.17) is 23.0 Å². The van der Waals surface area contributed by atoms with Crippen molar-refractivity contribution in [3.05, 3.63) is 35.9 Å². The molecule has 1 heterocycles. The van der Waals surface area contributed by atoms with Gasteiger partial charge in [0.15, 0.2) is 23.3 Å². The summed E-state index contributed by atoms with van der Waals surface area (Å²) in [4.78, 5) is 74.2. The van der Waals surface area contributed by atoms with Gasteiger partial charge in [-0.25, -0.2) is 18.7 Å². The first-order valence-corrected chi connectivity index (χ1v) is 16.4. The summed E-state index contributed by atoms with van der Waals surface area (Å²) < 4.78 is 43.3. The number of alkyl carbamates (subject to hydrolysis) is 1. The number of rotatable bonds is 15. The third-order valence-electron chi connectivity index (χ3n) is 6.28. The van der Waals surface area contributed by atoms with Gasteiger partial charge in [0.25, 0.3) is 0 Å². The second kappa shape index (κ2) is 17.0. The highest BCUT2D eigenvalue weighted by atomic mass is 32.2. The topological polar surface area (TPSA) is 187 Å². The molecule has 0 aliphatic carbocycles. The monoisotopic (exact) mass is 673 g/mol. The number of ether oxygens (including phenoxy) is 3. The number of phosphoric acid groups is 1. The summed E-state index contributed by atoms with van der Waals surface area (Å²) in [6.07, 6.45) is -2.23. The van der Waals surface area contributed by atoms with E-state index in [1.165, 1.54) is 7.11 Å². The van der Waals surface area contributed by atoms with E-state index in [9.17, 15) is 33.3 Å². The number of Topliss-reactive ketones (excluding diaryl/α,β-unsaturated/α-hetero) is 2. The fraction of sp³-hybridized carbons (Fsp3) is 0.586. The largest absolute Gasteiger partial charge is 0.478 e. The lowest BCUT2D eigenvalue weighted by Crippen LogP contribution is -2.45. The molecule has 1 N–H and O–H groups in total. The van der Waals surface area contributed by atoms with Crippen LogP contribution in [0.2, 0.25) is 0 Å². The van der Waals surface area contributed by atoms with Crippen LogP contribution in [0.3, 0.4) is 0 Å². The fourth-order valence-electron chi connectivity index (χ4n) is 3.64. The number of methoxy groups -OCH3 is 1. The number of thioether (sulfide) groups is 1. The molecule has 0 radical (unpaired) electrons. The van der Waals surface area contributed by atoms with Crippen molar-refractivity contribution in [2.24, 2.45) is 10.8 Å².